The van der Waals surface area contributed by atoms with Crippen LogP contribution in [0, 0.1) is 5.92 Å². The van der Waals surface area contributed by atoms with Crippen LogP contribution < -0.4 is 19.1 Å². The van der Waals surface area contributed by atoms with Gasteiger partial charge in [0.05, 0.1) is 4.90 Å². The SMILES string of the molecule is O=C(C1CCC1)N1CCCc2cc(S(=O)(=O)NCc3ccc4c(c3)OCO4)ccc21. The van der Waals surface area contributed by atoms with Gasteiger partial charge in [0.15, 0.2) is 11.5 Å². The van der Waals surface area contributed by atoms with Crippen molar-refractivity contribution < 1.29 is 22.7 Å². The van der Waals surface area contributed by atoms with E-state index in [0.29, 0.717) is 18.0 Å². The van der Waals surface area contributed by atoms with Gasteiger partial charge in [0.25, 0.3) is 0 Å². The lowest BCUT2D eigenvalue weighted by atomic mass is 9.83. The Morgan fingerprint density at radius 3 is 2.70 bits per heavy atom. The molecule has 158 valence electrons. The van der Waals surface area contributed by atoms with Gasteiger partial charge < -0.3 is 14.4 Å². The molecule has 8 heteroatoms. The van der Waals surface area contributed by atoms with Crippen LogP contribution in [0.25, 0.3) is 0 Å². The molecule has 0 bridgehead atoms. The van der Waals surface area contributed by atoms with Gasteiger partial charge in [-0.05, 0) is 67.1 Å². The number of carbonyl (C=O) groups excluding carboxylic acids is 1. The van der Waals surface area contributed by atoms with Crippen molar-refractivity contribution >= 4 is 21.6 Å². The van der Waals surface area contributed by atoms with Gasteiger partial charge in [-0.2, -0.15) is 0 Å². The topological polar surface area (TPSA) is 84.9 Å². The number of nitrogens with one attached hydrogen (secondary N) is 1. The number of hydrogen-bond donors (Lipinski definition) is 1. The van der Waals surface area contributed by atoms with Gasteiger partial charge in [0, 0.05) is 24.7 Å². The molecule has 2 aliphatic heterocycles. The van der Waals surface area contributed by atoms with Crippen LogP contribution in [0.5, 0.6) is 11.5 Å². The fourth-order valence-corrected chi connectivity index (χ4v) is 5.23. The first-order valence-electron chi connectivity index (χ1n) is 10.3. The van der Waals surface area contributed by atoms with E-state index in [-0.39, 0.29) is 30.1 Å². The lowest BCUT2D eigenvalue weighted by molar-refractivity contribution is -0.124. The van der Waals surface area contributed by atoms with E-state index in [0.717, 1.165) is 48.9 Å². The molecule has 2 aromatic carbocycles. The van der Waals surface area contributed by atoms with Gasteiger partial charge in [-0.3, -0.25) is 4.79 Å². The summed E-state index contributed by atoms with van der Waals surface area (Å²) in [5, 5.41) is 0. The van der Waals surface area contributed by atoms with Crippen molar-refractivity contribution in [2.45, 2.75) is 43.5 Å². The smallest absolute Gasteiger partial charge is 0.240 e. The van der Waals surface area contributed by atoms with E-state index in [1.165, 1.54) is 0 Å². The molecule has 1 saturated carbocycles. The summed E-state index contributed by atoms with van der Waals surface area (Å²) in [5.41, 5.74) is 2.56. The molecule has 30 heavy (non-hydrogen) atoms. The molecule has 1 aliphatic carbocycles. The maximum absolute atomic E-state index is 12.9. The molecule has 1 amide bonds. The van der Waals surface area contributed by atoms with E-state index in [4.69, 9.17) is 9.47 Å². The number of fused-ring (bicyclic) bond motifs is 2. The molecule has 2 heterocycles. The number of anilines is 1. The highest BCUT2D eigenvalue weighted by Crippen LogP contribution is 2.35. The molecule has 2 aromatic rings. The number of hydrogen-bond acceptors (Lipinski definition) is 5. The number of aryl methyl sites for hydroxylation is 1. The monoisotopic (exact) mass is 428 g/mol. The van der Waals surface area contributed by atoms with Gasteiger partial charge in [-0.15, -0.1) is 0 Å². The zero-order valence-electron chi connectivity index (χ0n) is 16.6. The number of carbonyl (C=O) groups is 1. The minimum Gasteiger partial charge on any atom is -0.454 e. The predicted octanol–water partition coefficient (Wildman–Crippen LogP) is 2.97. The minimum absolute atomic E-state index is 0.128. The highest BCUT2D eigenvalue weighted by molar-refractivity contribution is 7.89. The molecule has 5 rings (SSSR count). The fourth-order valence-electron chi connectivity index (χ4n) is 4.16. The zero-order valence-corrected chi connectivity index (χ0v) is 17.4. The lowest BCUT2D eigenvalue weighted by Crippen LogP contribution is -2.41. The first-order valence-corrected chi connectivity index (χ1v) is 11.8. The molecule has 0 atom stereocenters. The Hall–Kier alpha value is -2.58. The summed E-state index contributed by atoms with van der Waals surface area (Å²) in [5.74, 6) is 1.59. The van der Waals surface area contributed by atoms with Crippen molar-refractivity contribution in [3.05, 3.63) is 47.5 Å². The van der Waals surface area contributed by atoms with Gasteiger partial charge >= 0.3 is 0 Å². The first-order chi connectivity index (χ1) is 14.5. The van der Waals surface area contributed by atoms with Gasteiger partial charge in [-0.25, -0.2) is 13.1 Å². The zero-order chi connectivity index (χ0) is 20.7. The summed E-state index contributed by atoms with van der Waals surface area (Å²) in [6.07, 6.45) is 4.65. The van der Waals surface area contributed by atoms with Crippen molar-refractivity contribution in [1.82, 2.24) is 4.72 Å². The summed E-state index contributed by atoms with van der Waals surface area (Å²) in [6.45, 7) is 1.04. The molecule has 0 spiro atoms. The van der Waals surface area contributed by atoms with Crippen LogP contribution in [0.3, 0.4) is 0 Å². The number of benzene rings is 2. The Balaban J connectivity index is 1.33. The maximum atomic E-state index is 12.9. The van der Waals surface area contributed by atoms with Gasteiger partial charge in [0.2, 0.25) is 22.7 Å². The van der Waals surface area contributed by atoms with Crippen LogP contribution in [0.2, 0.25) is 0 Å². The van der Waals surface area contributed by atoms with Crippen molar-refractivity contribution in [2.24, 2.45) is 5.92 Å². The normalized spacial score (nSPS) is 18.1. The van der Waals surface area contributed by atoms with Crippen LogP contribution in [0.4, 0.5) is 5.69 Å². The molecule has 7 nitrogen and oxygen atoms in total. The molecule has 0 saturated heterocycles. The van der Waals surface area contributed by atoms with E-state index in [2.05, 4.69) is 4.72 Å². The van der Waals surface area contributed by atoms with Crippen molar-refractivity contribution in [3.8, 4) is 11.5 Å². The lowest BCUT2D eigenvalue weighted by Gasteiger charge is -2.35. The maximum Gasteiger partial charge on any atom is 0.240 e. The van der Waals surface area contributed by atoms with Crippen LogP contribution in [-0.2, 0) is 27.8 Å². The third-order valence-corrected chi connectivity index (χ3v) is 7.50. The molecule has 1 fully saturated rings. The van der Waals surface area contributed by atoms with Crippen LogP contribution in [-0.4, -0.2) is 27.7 Å². The van der Waals surface area contributed by atoms with Gasteiger partial charge in [-0.1, -0.05) is 12.5 Å². The number of nitrogens with zero attached hydrogens (tertiary/aromatic N) is 1. The quantitative estimate of drug-likeness (QED) is 0.792. The number of ether oxygens (including phenoxy) is 2. The van der Waals surface area contributed by atoms with E-state index in [1.807, 2.05) is 11.0 Å². The Bertz CT molecular complexity index is 1090. The molecular weight excluding hydrogens is 404 g/mol. The summed E-state index contributed by atoms with van der Waals surface area (Å²) >= 11 is 0. The van der Waals surface area contributed by atoms with Crippen LogP contribution in [0.15, 0.2) is 41.3 Å². The number of sulfonamides is 1. The average molecular weight is 429 g/mol. The van der Waals surface area contributed by atoms with E-state index < -0.39 is 10.0 Å². The highest BCUT2D eigenvalue weighted by atomic mass is 32.2. The first kappa shape index (κ1) is 19.4. The Kier molecular flexibility index (Phi) is 4.91. The van der Waals surface area contributed by atoms with E-state index in [1.54, 1.807) is 30.3 Å². The third kappa shape index (κ3) is 3.54. The Labute approximate surface area is 176 Å². The van der Waals surface area contributed by atoms with Crippen LogP contribution >= 0.6 is 0 Å². The van der Waals surface area contributed by atoms with E-state index >= 15 is 0 Å². The second-order valence-electron chi connectivity index (χ2n) is 8.02. The third-order valence-electron chi connectivity index (χ3n) is 6.10. The van der Waals surface area contributed by atoms with E-state index in [9.17, 15) is 13.2 Å². The molecule has 1 N–H and O–H groups in total. The average Bonchev–Trinajstić information content (AvgIpc) is 3.18. The van der Waals surface area contributed by atoms with Crippen molar-refractivity contribution in [1.29, 1.82) is 0 Å². The Morgan fingerprint density at radius 2 is 1.90 bits per heavy atom. The fraction of sp³-hybridized carbons (Fsp3) is 0.409. The summed E-state index contributed by atoms with van der Waals surface area (Å²) in [6, 6.07) is 10.4. The number of amides is 1. The molecule has 0 aromatic heterocycles. The number of rotatable bonds is 5. The minimum atomic E-state index is -3.68. The van der Waals surface area contributed by atoms with Crippen molar-refractivity contribution in [3.63, 3.8) is 0 Å². The van der Waals surface area contributed by atoms with Crippen molar-refractivity contribution in [2.75, 3.05) is 18.2 Å². The second kappa shape index (κ2) is 7.59. The molecule has 3 aliphatic rings. The second-order valence-corrected chi connectivity index (χ2v) is 9.79. The molecule has 0 radical (unpaired) electrons. The summed E-state index contributed by atoms with van der Waals surface area (Å²) in [7, 11) is -3.68. The summed E-state index contributed by atoms with van der Waals surface area (Å²) in [4.78, 5) is 14.8. The largest absolute Gasteiger partial charge is 0.454 e. The Morgan fingerprint density at radius 1 is 1.07 bits per heavy atom. The molecular formula is C22H24N2O5S. The highest BCUT2D eigenvalue weighted by Gasteiger charge is 2.32. The summed E-state index contributed by atoms with van der Waals surface area (Å²) < 4.78 is 39.0. The van der Waals surface area contributed by atoms with Crippen LogP contribution in [0.1, 0.15) is 36.8 Å². The molecule has 0 unspecified atom stereocenters. The van der Waals surface area contributed by atoms with Gasteiger partial charge in [0.1, 0.15) is 0 Å². The predicted molar refractivity (Wildman–Crippen MR) is 111 cm³/mol. The standard InChI is InChI=1S/C22H24N2O5S/c25-22(16-3-1-4-16)24-10-2-5-17-12-18(7-8-19(17)24)30(26,27)23-13-15-6-9-20-21(11-15)29-14-28-20/h6-9,11-12,16,23H,1-5,10,13-14H2.